The van der Waals surface area contributed by atoms with Crippen LogP contribution >= 0.6 is 0 Å². The SMILES string of the molecule is Cc1ccc(CC(NC(=O)Nc2ccc(F)cc2)c2ccccn2)cc1. The van der Waals surface area contributed by atoms with Gasteiger partial charge in [0, 0.05) is 11.9 Å². The average Bonchev–Trinajstić information content (AvgIpc) is 2.65. The second-order valence-electron chi connectivity index (χ2n) is 6.10. The summed E-state index contributed by atoms with van der Waals surface area (Å²) < 4.78 is 13.0. The molecule has 4 nitrogen and oxygen atoms in total. The quantitative estimate of drug-likeness (QED) is 0.705. The number of pyridine rings is 1. The van der Waals surface area contributed by atoms with Crippen LogP contribution in [0.2, 0.25) is 0 Å². The Hall–Kier alpha value is -3.21. The van der Waals surface area contributed by atoms with E-state index in [4.69, 9.17) is 0 Å². The molecular formula is C21H20FN3O. The van der Waals surface area contributed by atoms with Gasteiger partial charge in [-0.05, 0) is 55.3 Å². The number of aryl methyl sites for hydroxylation is 1. The largest absolute Gasteiger partial charge is 0.329 e. The number of carbonyl (C=O) groups is 1. The predicted molar refractivity (Wildman–Crippen MR) is 100 cm³/mol. The molecule has 0 fully saturated rings. The molecule has 0 saturated carbocycles. The number of amides is 2. The number of anilines is 1. The van der Waals surface area contributed by atoms with Gasteiger partial charge in [-0.15, -0.1) is 0 Å². The van der Waals surface area contributed by atoms with Crippen LogP contribution in [0.4, 0.5) is 14.9 Å². The molecule has 3 aromatic rings. The first kappa shape index (κ1) is 17.6. The summed E-state index contributed by atoms with van der Waals surface area (Å²) in [6.45, 7) is 2.04. The highest BCUT2D eigenvalue weighted by atomic mass is 19.1. The highest BCUT2D eigenvalue weighted by Gasteiger charge is 2.16. The van der Waals surface area contributed by atoms with Crippen LogP contribution in [0.5, 0.6) is 0 Å². The van der Waals surface area contributed by atoms with Gasteiger partial charge in [0.25, 0.3) is 0 Å². The van der Waals surface area contributed by atoms with Gasteiger partial charge < -0.3 is 10.6 Å². The molecule has 0 aliphatic heterocycles. The molecule has 26 heavy (non-hydrogen) atoms. The van der Waals surface area contributed by atoms with Crippen molar-refractivity contribution < 1.29 is 9.18 Å². The van der Waals surface area contributed by atoms with Crippen molar-refractivity contribution in [2.24, 2.45) is 0 Å². The molecule has 1 atom stereocenters. The lowest BCUT2D eigenvalue weighted by molar-refractivity contribution is 0.248. The monoisotopic (exact) mass is 349 g/mol. The molecule has 1 heterocycles. The van der Waals surface area contributed by atoms with Crippen molar-refractivity contribution in [2.45, 2.75) is 19.4 Å². The maximum absolute atomic E-state index is 13.0. The van der Waals surface area contributed by atoms with Crippen LogP contribution in [0.1, 0.15) is 22.9 Å². The number of nitrogens with one attached hydrogen (secondary N) is 2. The number of hydrogen-bond acceptors (Lipinski definition) is 2. The van der Waals surface area contributed by atoms with Crippen LogP contribution in [-0.2, 0) is 6.42 Å². The summed E-state index contributed by atoms with van der Waals surface area (Å²) in [5.74, 6) is -0.346. The lowest BCUT2D eigenvalue weighted by Crippen LogP contribution is -2.34. The zero-order chi connectivity index (χ0) is 18.4. The number of aromatic nitrogens is 1. The van der Waals surface area contributed by atoms with Crippen molar-refractivity contribution in [3.63, 3.8) is 0 Å². The molecule has 0 spiro atoms. The molecule has 3 rings (SSSR count). The Balaban J connectivity index is 1.73. The maximum Gasteiger partial charge on any atom is 0.319 e. The number of halogens is 1. The van der Waals surface area contributed by atoms with E-state index >= 15 is 0 Å². The first-order valence-electron chi connectivity index (χ1n) is 8.40. The lowest BCUT2D eigenvalue weighted by Gasteiger charge is -2.19. The van der Waals surface area contributed by atoms with E-state index in [-0.39, 0.29) is 17.9 Å². The van der Waals surface area contributed by atoms with Gasteiger partial charge in [-0.2, -0.15) is 0 Å². The first-order chi connectivity index (χ1) is 12.6. The topological polar surface area (TPSA) is 54.0 Å². The van der Waals surface area contributed by atoms with Gasteiger partial charge in [-0.3, -0.25) is 4.98 Å². The maximum atomic E-state index is 13.0. The van der Waals surface area contributed by atoms with Gasteiger partial charge in [0.2, 0.25) is 0 Å². The summed E-state index contributed by atoms with van der Waals surface area (Å²) in [5.41, 5.74) is 3.60. The smallest absolute Gasteiger partial charge is 0.319 e. The van der Waals surface area contributed by atoms with Gasteiger partial charge in [0.15, 0.2) is 0 Å². The van der Waals surface area contributed by atoms with Gasteiger partial charge in [-0.25, -0.2) is 9.18 Å². The third-order valence-corrected chi connectivity index (χ3v) is 4.01. The number of nitrogens with zero attached hydrogens (tertiary/aromatic N) is 1. The fraction of sp³-hybridized carbons (Fsp3) is 0.143. The molecule has 2 aromatic carbocycles. The minimum atomic E-state index is -0.362. The summed E-state index contributed by atoms with van der Waals surface area (Å²) in [6.07, 6.45) is 2.32. The molecule has 2 N–H and O–H groups in total. The van der Waals surface area contributed by atoms with Crippen LogP contribution in [0.25, 0.3) is 0 Å². The van der Waals surface area contributed by atoms with E-state index in [1.54, 1.807) is 6.20 Å². The van der Waals surface area contributed by atoms with E-state index in [0.717, 1.165) is 11.3 Å². The minimum Gasteiger partial charge on any atom is -0.329 e. The van der Waals surface area contributed by atoms with Crippen LogP contribution in [-0.4, -0.2) is 11.0 Å². The number of benzene rings is 2. The van der Waals surface area contributed by atoms with Gasteiger partial charge in [0.05, 0.1) is 11.7 Å². The lowest BCUT2D eigenvalue weighted by atomic mass is 10.0. The number of hydrogen-bond donors (Lipinski definition) is 2. The van der Waals surface area contributed by atoms with Crippen LogP contribution < -0.4 is 10.6 Å². The Morgan fingerprint density at radius 3 is 2.42 bits per heavy atom. The van der Waals surface area contributed by atoms with Gasteiger partial charge >= 0.3 is 6.03 Å². The van der Waals surface area contributed by atoms with E-state index in [1.807, 2.05) is 49.4 Å². The number of rotatable bonds is 5. The van der Waals surface area contributed by atoms with E-state index in [1.165, 1.54) is 29.8 Å². The fourth-order valence-corrected chi connectivity index (χ4v) is 2.63. The molecule has 0 saturated heterocycles. The highest BCUT2D eigenvalue weighted by molar-refractivity contribution is 5.89. The Kier molecular flexibility index (Phi) is 5.59. The van der Waals surface area contributed by atoms with Crippen molar-refractivity contribution in [2.75, 3.05) is 5.32 Å². The molecule has 0 radical (unpaired) electrons. The molecule has 1 unspecified atom stereocenters. The van der Waals surface area contributed by atoms with Crippen LogP contribution in [0.15, 0.2) is 72.9 Å². The molecule has 0 aliphatic carbocycles. The van der Waals surface area contributed by atoms with E-state index in [0.29, 0.717) is 12.1 Å². The van der Waals surface area contributed by atoms with Gasteiger partial charge in [0.1, 0.15) is 5.82 Å². The zero-order valence-electron chi connectivity index (χ0n) is 14.4. The van der Waals surface area contributed by atoms with Crippen molar-refractivity contribution in [3.05, 3.63) is 95.6 Å². The fourth-order valence-electron chi connectivity index (χ4n) is 2.63. The third-order valence-electron chi connectivity index (χ3n) is 4.01. The summed E-state index contributed by atoms with van der Waals surface area (Å²) in [5, 5.41) is 5.67. The van der Waals surface area contributed by atoms with E-state index in [2.05, 4.69) is 15.6 Å². The van der Waals surface area contributed by atoms with Crippen molar-refractivity contribution in [1.82, 2.24) is 10.3 Å². The Morgan fingerprint density at radius 1 is 1.04 bits per heavy atom. The number of carbonyl (C=O) groups excluding carboxylic acids is 1. The first-order valence-corrected chi connectivity index (χ1v) is 8.40. The molecule has 0 bridgehead atoms. The Bertz CT molecular complexity index is 849. The second kappa shape index (κ2) is 8.25. The second-order valence-corrected chi connectivity index (χ2v) is 6.10. The normalized spacial score (nSPS) is 11.6. The zero-order valence-corrected chi connectivity index (χ0v) is 14.4. The minimum absolute atomic E-state index is 0.278. The molecular weight excluding hydrogens is 329 g/mol. The molecule has 5 heteroatoms. The Morgan fingerprint density at radius 2 is 1.77 bits per heavy atom. The van der Waals surface area contributed by atoms with Crippen molar-refractivity contribution in [1.29, 1.82) is 0 Å². The van der Waals surface area contributed by atoms with Crippen LogP contribution in [0, 0.1) is 12.7 Å². The molecule has 1 aromatic heterocycles. The predicted octanol–water partition coefficient (Wildman–Crippen LogP) is 4.63. The van der Waals surface area contributed by atoms with Crippen LogP contribution in [0.3, 0.4) is 0 Å². The van der Waals surface area contributed by atoms with Crippen molar-refractivity contribution >= 4 is 11.7 Å². The van der Waals surface area contributed by atoms with Gasteiger partial charge in [-0.1, -0.05) is 35.9 Å². The van der Waals surface area contributed by atoms with E-state index < -0.39 is 0 Å². The standard InChI is InChI=1S/C21H20FN3O/c1-15-5-7-16(8-6-15)14-20(19-4-2-3-13-23-19)25-21(26)24-18-11-9-17(22)10-12-18/h2-13,20H,14H2,1H3,(H2,24,25,26). The van der Waals surface area contributed by atoms with Crippen molar-refractivity contribution in [3.8, 4) is 0 Å². The summed E-state index contributed by atoms with van der Waals surface area (Å²) in [7, 11) is 0. The molecule has 132 valence electrons. The summed E-state index contributed by atoms with van der Waals surface area (Å²) in [4.78, 5) is 16.8. The number of urea groups is 1. The summed E-state index contributed by atoms with van der Waals surface area (Å²) in [6, 6.07) is 18.8. The molecule has 2 amide bonds. The average molecular weight is 349 g/mol. The molecule has 0 aliphatic rings. The van der Waals surface area contributed by atoms with E-state index in [9.17, 15) is 9.18 Å². The third kappa shape index (κ3) is 4.89. The highest BCUT2D eigenvalue weighted by Crippen LogP contribution is 2.18. The Labute approximate surface area is 152 Å². The summed E-state index contributed by atoms with van der Waals surface area (Å²) >= 11 is 0.